The van der Waals surface area contributed by atoms with Crippen LogP contribution in [0.1, 0.15) is 22.1 Å². The maximum Gasteiger partial charge on any atom is 0.233 e. The van der Waals surface area contributed by atoms with Crippen LogP contribution < -0.4 is 11.1 Å². The molecule has 0 saturated heterocycles. The van der Waals surface area contributed by atoms with E-state index >= 15 is 0 Å². The summed E-state index contributed by atoms with van der Waals surface area (Å²) in [5, 5.41) is 2.90. The number of nitrogens with one attached hydrogen (secondary N) is 1. The standard InChI is InChI=1S/C10H14N2OS.ClH/c1-6-2-3-9(14-6)7-4-8(7)12-10(13)5-11;/h2-3,7-8H,4-5,11H2,1H3,(H,12,13);1H. The van der Waals surface area contributed by atoms with Crippen molar-refractivity contribution in [2.24, 2.45) is 5.73 Å². The molecule has 2 unspecified atom stereocenters. The maximum absolute atomic E-state index is 11.0. The third-order valence-electron chi connectivity index (χ3n) is 2.45. The van der Waals surface area contributed by atoms with Crippen molar-refractivity contribution in [1.29, 1.82) is 0 Å². The van der Waals surface area contributed by atoms with E-state index in [0.717, 1.165) is 6.42 Å². The van der Waals surface area contributed by atoms with Crippen molar-refractivity contribution in [1.82, 2.24) is 5.32 Å². The largest absolute Gasteiger partial charge is 0.352 e. The van der Waals surface area contributed by atoms with Crippen LogP contribution in [0.25, 0.3) is 0 Å². The Labute approximate surface area is 99.5 Å². The molecule has 3 N–H and O–H groups in total. The van der Waals surface area contributed by atoms with E-state index in [2.05, 4.69) is 24.4 Å². The zero-order chi connectivity index (χ0) is 10.1. The number of thiophene rings is 1. The van der Waals surface area contributed by atoms with Gasteiger partial charge in [-0.3, -0.25) is 4.79 Å². The molecule has 1 aromatic rings. The zero-order valence-electron chi connectivity index (χ0n) is 8.53. The van der Waals surface area contributed by atoms with E-state index in [4.69, 9.17) is 5.73 Å². The molecule has 0 spiro atoms. The zero-order valence-corrected chi connectivity index (χ0v) is 10.2. The third kappa shape index (κ3) is 2.93. The van der Waals surface area contributed by atoms with Crippen LogP contribution in [0.3, 0.4) is 0 Å². The number of hydrogen-bond donors (Lipinski definition) is 2. The number of hydrogen-bond acceptors (Lipinski definition) is 3. The molecular weight excluding hydrogens is 232 g/mol. The second kappa shape index (κ2) is 4.96. The minimum Gasteiger partial charge on any atom is -0.352 e. The molecule has 0 aromatic carbocycles. The van der Waals surface area contributed by atoms with Gasteiger partial charge in [-0.1, -0.05) is 0 Å². The van der Waals surface area contributed by atoms with E-state index in [-0.39, 0.29) is 24.9 Å². The van der Waals surface area contributed by atoms with Crippen molar-refractivity contribution >= 4 is 29.7 Å². The Hall–Kier alpha value is -0.580. The van der Waals surface area contributed by atoms with Gasteiger partial charge in [-0.2, -0.15) is 0 Å². The van der Waals surface area contributed by atoms with Crippen LogP contribution in [0.5, 0.6) is 0 Å². The molecular formula is C10H15ClN2OS. The quantitative estimate of drug-likeness (QED) is 0.847. The Morgan fingerprint density at radius 1 is 1.67 bits per heavy atom. The number of amides is 1. The first kappa shape index (κ1) is 12.5. The monoisotopic (exact) mass is 246 g/mol. The summed E-state index contributed by atoms with van der Waals surface area (Å²) in [6, 6.07) is 4.60. The van der Waals surface area contributed by atoms with Gasteiger partial charge in [0.05, 0.1) is 6.54 Å². The Bertz CT molecular complexity index is 353. The first-order chi connectivity index (χ1) is 6.70. The lowest BCUT2D eigenvalue weighted by molar-refractivity contribution is -0.119. The predicted molar refractivity (Wildman–Crippen MR) is 64.6 cm³/mol. The first-order valence-corrected chi connectivity index (χ1v) is 5.58. The number of rotatable bonds is 3. The Morgan fingerprint density at radius 3 is 2.93 bits per heavy atom. The number of carbonyl (C=O) groups is 1. The fourth-order valence-corrected chi connectivity index (χ4v) is 2.64. The molecule has 0 bridgehead atoms. The summed E-state index contributed by atoms with van der Waals surface area (Å²) >= 11 is 1.81. The van der Waals surface area contributed by atoms with Crippen LogP contribution in [0.4, 0.5) is 0 Å². The summed E-state index contributed by atoms with van der Waals surface area (Å²) in [4.78, 5) is 13.7. The highest BCUT2D eigenvalue weighted by atomic mass is 35.5. The minimum atomic E-state index is -0.0502. The second-order valence-electron chi connectivity index (χ2n) is 3.67. The molecule has 1 amide bonds. The fourth-order valence-electron chi connectivity index (χ4n) is 1.59. The van der Waals surface area contributed by atoms with E-state index in [1.54, 1.807) is 0 Å². The van der Waals surface area contributed by atoms with Gasteiger partial charge in [-0.25, -0.2) is 0 Å². The van der Waals surface area contributed by atoms with E-state index in [0.29, 0.717) is 12.0 Å². The van der Waals surface area contributed by atoms with E-state index < -0.39 is 0 Å². The molecule has 1 fully saturated rings. The molecule has 1 saturated carbocycles. The summed E-state index contributed by atoms with van der Waals surface area (Å²) in [6.45, 7) is 2.19. The van der Waals surface area contributed by atoms with Crippen molar-refractivity contribution in [3.05, 3.63) is 21.9 Å². The molecule has 2 rings (SSSR count). The lowest BCUT2D eigenvalue weighted by atomic mass is 10.3. The van der Waals surface area contributed by atoms with Crippen molar-refractivity contribution in [2.45, 2.75) is 25.3 Å². The van der Waals surface area contributed by atoms with Gasteiger partial charge in [0.1, 0.15) is 0 Å². The molecule has 1 heterocycles. The number of nitrogens with two attached hydrogens (primary N) is 1. The van der Waals surface area contributed by atoms with E-state index in [9.17, 15) is 4.79 Å². The topological polar surface area (TPSA) is 55.1 Å². The van der Waals surface area contributed by atoms with Crippen LogP contribution in [0, 0.1) is 6.92 Å². The highest BCUT2D eigenvalue weighted by molar-refractivity contribution is 7.12. The van der Waals surface area contributed by atoms with Crippen LogP contribution in [-0.2, 0) is 4.79 Å². The molecule has 5 heteroatoms. The third-order valence-corrected chi connectivity index (χ3v) is 3.58. The lowest BCUT2D eigenvalue weighted by Crippen LogP contribution is -2.32. The highest BCUT2D eigenvalue weighted by Crippen LogP contribution is 2.43. The number of carbonyl (C=O) groups excluding carboxylic acids is 1. The minimum absolute atomic E-state index is 0. The van der Waals surface area contributed by atoms with Crippen molar-refractivity contribution in [3.63, 3.8) is 0 Å². The van der Waals surface area contributed by atoms with Gasteiger partial charge < -0.3 is 11.1 Å². The highest BCUT2D eigenvalue weighted by Gasteiger charge is 2.40. The van der Waals surface area contributed by atoms with Crippen LogP contribution >= 0.6 is 23.7 Å². The van der Waals surface area contributed by atoms with E-state index in [1.807, 2.05) is 11.3 Å². The van der Waals surface area contributed by atoms with Gasteiger partial charge in [-0.15, -0.1) is 23.7 Å². The SMILES string of the molecule is Cc1ccc(C2CC2NC(=O)CN)s1.Cl. The summed E-state index contributed by atoms with van der Waals surface area (Å²) in [7, 11) is 0. The van der Waals surface area contributed by atoms with Gasteiger partial charge in [0, 0.05) is 21.7 Å². The number of halogens is 1. The van der Waals surface area contributed by atoms with Gasteiger partial charge in [0.15, 0.2) is 0 Å². The molecule has 0 aliphatic heterocycles. The summed E-state index contributed by atoms with van der Waals surface area (Å²) in [5.41, 5.74) is 5.23. The van der Waals surface area contributed by atoms with Crippen molar-refractivity contribution in [2.75, 3.05) is 6.54 Å². The molecule has 3 nitrogen and oxygen atoms in total. The molecule has 1 aliphatic rings. The molecule has 1 aromatic heterocycles. The molecule has 2 atom stereocenters. The first-order valence-electron chi connectivity index (χ1n) is 4.76. The van der Waals surface area contributed by atoms with Gasteiger partial charge in [0.25, 0.3) is 0 Å². The Kier molecular flexibility index (Phi) is 4.13. The van der Waals surface area contributed by atoms with E-state index in [1.165, 1.54) is 9.75 Å². The average molecular weight is 247 g/mol. The average Bonchev–Trinajstić information content (AvgIpc) is 2.79. The fraction of sp³-hybridized carbons (Fsp3) is 0.500. The lowest BCUT2D eigenvalue weighted by Gasteiger charge is -2.00. The van der Waals surface area contributed by atoms with Crippen LogP contribution in [0.15, 0.2) is 12.1 Å². The summed E-state index contributed by atoms with van der Waals surface area (Å²) < 4.78 is 0. The second-order valence-corrected chi connectivity index (χ2v) is 4.99. The molecule has 0 radical (unpaired) electrons. The van der Waals surface area contributed by atoms with Gasteiger partial charge >= 0.3 is 0 Å². The van der Waals surface area contributed by atoms with Gasteiger partial charge in [0.2, 0.25) is 5.91 Å². The molecule has 15 heavy (non-hydrogen) atoms. The smallest absolute Gasteiger partial charge is 0.233 e. The summed E-state index contributed by atoms with van der Waals surface area (Å²) in [6.07, 6.45) is 1.06. The Morgan fingerprint density at radius 2 is 2.40 bits per heavy atom. The molecule has 1 aliphatic carbocycles. The number of aryl methyl sites for hydroxylation is 1. The van der Waals surface area contributed by atoms with Crippen molar-refractivity contribution in [3.8, 4) is 0 Å². The van der Waals surface area contributed by atoms with Crippen LogP contribution in [-0.4, -0.2) is 18.5 Å². The normalized spacial score (nSPS) is 23.1. The van der Waals surface area contributed by atoms with Crippen LogP contribution in [0.2, 0.25) is 0 Å². The Balaban J connectivity index is 0.00000112. The van der Waals surface area contributed by atoms with Crippen molar-refractivity contribution < 1.29 is 4.79 Å². The predicted octanol–water partition coefficient (Wildman–Crippen LogP) is 1.41. The maximum atomic E-state index is 11.0. The summed E-state index contributed by atoms with van der Waals surface area (Å²) in [5.74, 6) is 0.481. The molecule has 84 valence electrons. The van der Waals surface area contributed by atoms with Gasteiger partial charge in [-0.05, 0) is 25.5 Å².